The van der Waals surface area contributed by atoms with Crippen molar-refractivity contribution < 1.29 is 9.59 Å². The number of amides is 2. The molecule has 1 saturated heterocycles. The number of hydrogen-bond acceptors (Lipinski definition) is 3. The molecular weight excluding hydrogens is 352 g/mol. The van der Waals surface area contributed by atoms with Gasteiger partial charge in [-0.3, -0.25) is 14.3 Å². The van der Waals surface area contributed by atoms with E-state index in [0.717, 1.165) is 35.0 Å². The summed E-state index contributed by atoms with van der Waals surface area (Å²) in [5.41, 5.74) is 3.83. The third-order valence-corrected chi connectivity index (χ3v) is 5.27. The van der Waals surface area contributed by atoms with E-state index in [1.54, 1.807) is 0 Å². The maximum Gasteiger partial charge on any atom is 0.251 e. The van der Waals surface area contributed by atoms with Crippen molar-refractivity contribution in [3.8, 4) is 11.1 Å². The highest BCUT2D eigenvalue weighted by Crippen LogP contribution is 2.24. The Labute approximate surface area is 164 Å². The van der Waals surface area contributed by atoms with Crippen molar-refractivity contribution >= 4 is 22.7 Å². The van der Waals surface area contributed by atoms with Gasteiger partial charge in [0.05, 0.1) is 17.8 Å². The molecule has 1 aromatic heterocycles. The molecule has 6 heteroatoms. The minimum absolute atomic E-state index is 0.112. The number of nitrogens with one attached hydrogen (secondary N) is 1. The van der Waals surface area contributed by atoms with Crippen LogP contribution in [-0.4, -0.2) is 45.6 Å². The zero-order valence-corrected chi connectivity index (χ0v) is 16.2. The van der Waals surface area contributed by atoms with Crippen LogP contribution in [0.1, 0.15) is 30.1 Å². The first-order chi connectivity index (χ1) is 13.5. The Bertz CT molecular complexity index is 1020. The first kappa shape index (κ1) is 18.2. The Hall–Kier alpha value is -3.15. The molecule has 2 aromatic carbocycles. The van der Waals surface area contributed by atoms with E-state index in [4.69, 9.17) is 0 Å². The third-order valence-electron chi connectivity index (χ3n) is 5.27. The summed E-state index contributed by atoms with van der Waals surface area (Å²) >= 11 is 0. The summed E-state index contributed by atoms with van der Waals surface area (Å²) < 4.78 is 1.85. The molecular formula is C22H24N4O2. The van der Waals surface area contributed by atoms with Gasteiger partial charge in [0.15, 0.2) is 0 Å². The summed E-state index contributed by atoms with van der Waals surface area (Å²) in [6.45, 7) is 3.40. The Morgan fingerprint density at radius 2 is 1.93 bits per heavy atom. The van der Waals surface area contributed by atoms with Crippen LogP contribution in [0.25, 0.3) is 22.0 Å². The predicted molar refractivity (Wildman–Crippen MR) is 109 cm³/mol. The van der Waals surface area contributed by atoms with Gasteiger partial charge in [0.25, 0.3) is 5.91 Å². The molecule has 0 radical (unpaired) electrons. The Kier molecular flexibility index (Phi) is 4.86. The maximum atomic E-state index is 12.5. The number of hydrogen-bond donors (Lipinski definition) is 1. The lowest BCUT2D eigenvalue weighted by Gasteiger charge is -2.16. The number of aryl methyl sites for hydroxylation is 1. The molecule has 2 heterocycles. The largest absolute Gasteiger partial charge is 0.347 e. The molecule has 0 aliphatic carbocycles. The van der Waals surface area contributed by atoms with Crippen molar-refractivity contribution in [2.45, 2.75) is 25.8 Å². The van der Waals surface area contributed by atoms with E-state index >= 15 is 0 Å². The molecule has 1 atom stereocenters. The van der Waals surface area contributed by atoms with Crippen molar-refractivity contribution in [3.05, 3.63) is 54.2 Å². The van der Waals surface area contributed by atoms with Crippen molar-refractivity contribution in [2.75, 3.05) is 13.1 Å². The summed E-state index contributed by atoms with van der Waals surface area (Å²) in [5.74, 6) is -0.0151. The monoisotopic (exact) mass is 376 g/mol. The number of carbonyl (C=O) groups is 2. The first-order valence-corrected chi connectivity index (χ1v) is 9.66. The van der Waals surface area contributed by atoms with Gasteiger partial charge in [-0.05, 0) is 41.8 Å². The van der Waals surface area contributed by atoms with Crippen LogP contribution in [0.2, 0.25) is 0 Å². The minimum atomic E-state index is -0.134. The summed E-state index contributed by atoms with van der Waals surface area (Å²) in [6.07, 6.45) is 3.17. The molecule has 1 fully saturated rings. The molecule has 1 aliphatic heterocycles. The number of aromatic nitrogens is 2. The summed E-state index contributed by atoms with van der Waals surface area (Å²) in [5, 5.41) is 8.35. The van der Waals surface area contributed by atoms with E-state index in [2.05, 4.69) is 28.6 Å². The van der Waals surface area contributed by atoms with Crippen LogP contribution < -0.4 is 5.32 Å². The Morgan fingerprint density at radius 3 is 2.68 bits per heavy atom. The van der Waals surface area contributed by atoms with Crippen LogP contribution in [-0.2, 0) is 11.8 Å². The number of carbonyl (C=O) groups excluding carboxylic acids is 2. The van der Waals surface area contributed by atoms with Crippen LogP contribution in [0.15, 0.2) is 48.7 Å². The Morgan fingerprint density at radius 1 is 1.18 bits per heavy atom. The topological polar surface area (TPSA) is 67.2 Å². The third kappa shape index (κ3) is 3.50. The summed E-state index contributed by atoms with van der Waals surface area (Å²) in [4.78, 5) is 26.3. The van der Waals surface area contributed by atoms with Crippen molar-refractivity contribution in [3.63, 3.8) is 0 Å². The van der Waals surface area contributed by atoms with Crippen LogP contribution in [0.5, 0.6) is 0 Å². The fourth-order valence-corrected chi connectivity index (χ4v) is 3.78. The number of fused-ring (bicyclic) bond motifs is 1. The van der Waals surface area contributed by atoms with Gasteiger partial charge >= 0.3 is 0 Å². The van der Waals surface area contributed by atoms with Gasteiger partial charge in [-0.2, -0.15) is 5.10 Å². The summed E-state index contributed by atoms with van der Waals surface area (Å²) in [7, 11) is 1.93. The quantitative estimate of drug-likeness (QED) is 0.744. The first-order valence-electron chi connectivity index (χ1n) is 9.66. The van der Waals surface area contributed by atoms with Gasteiger partial charge < -0.3 is 10.2 Å². The van der Waals surface area contributed by atoms with Crippen molar-refractivity contribution in [2.24, 2.45) is 7.05 Å². The molecule has 28 heavy (non-hydrogen) atoms. The fraction of sp³-hybridized carbons (Fsp3) is 0.318. The second kappa shape index (κ2) is 7.46. The van der Waals surface area contributed by atoms with E-state index in [1.807, 2.05) is 54.0 Å². The maximum absolute atomic E-state index is 12.5. The van der Waals surface area contributed by atoms with E-state index in [1.165, 1.54) is 0 Å². The summed E-state index contributed by atoms with van der Waals surface area (Å²) in [6, 6.07) is 13.7. The van der Waals surface area contributed by atoms with Crippen LogP contribution in [0, 0.1) is 0 Å². The SMILES string of the molecule is CCCN1C[C@@H](NC(=O)c2ccc(-c3ccc4c(cnn4C)c3)cc2)CC1=O. The lowest BCUT2D eigenvalue weighted by atomic mass is 10.0. The van der Waals surface area contributed by atoms with Gasteiger partial charge in [-0.15, -0.1) is 0 Å². The predicted octanol–water partition coefficient (Wildman–Crippen LogP) is 2.98. The molecule has 0 saturated carbocycles. The average Bonchev–Trinajstić information content (AvgIpc) is 3.24. The van der Waals surface area contributed by atoms with Crippen LogP contribution in [0.3, 0.4) is 0 Å². The van der Waals surface area contributed by atoms with E-state index in [-0.39, 0.29) is 17.9 Å². The van der Waals surface area contributed by atoms with Crippen LogP contribution in [0.4, 0.5) is 0 Å². The zero-order chi connectivity index (χ0) is 19.7. The molecule has 3 aromatic rings. The molecule has 1 aliphatic rings. The number of benzene rings is 2. The lowest BCUT2D eigenvalue weighted by Crippen LogP contribution is -2.37. The van der Waals surface area contributed by atoms with Gasteiger partial charge in [0.1, 0.15) is 0 Å². The molecule has 2 amide bonds. The second-order valence-electron chi connectivity index (χ2n) is 7.33. The molecule has 144 valence electrons. The Balaban J connectivity index is 1.45. The molecule has 1 N–H and O–H groups in total. The molecule has 0 bridgehead atoms. The second-order valence-corrected chi connectivity index (χ2v) is 7.33. The van der Waals surface area contributed by atoms with Gasteiger partial charge in [-0.1, -0.05) is 25.1 Å². The van der Waals surface area contributed by atoms with Gasteiger partial charge in [0.2, 0.25) is 5.91 Å². The van der Waals surface area contributed by atoms with E-state index < -0.39 is 0 Å². The fourth-order valence-electron chi connectivity index (χ4n) is 3.78. The smallest absolute Gasteiger partial charge is 0.251 e. The van der Waals surface area contributed by atoms with Crippen LogP contribution >= 0.6 is 0 Å². The van der Waals surface area contributed by atoms with E-state index in [0.29, 0.717) is 18.5 Å². The molecule has 0 unspecified atom stereocenters. The van der Waals surface area contributed by atoms with Gasteiger partial charge in [-0.25, -0.2) is 0 Å². The number of rotatable bonds is 5. The standard InChI is InChI=1S/C22H24N4O2/c1-3-10-26-14-19(12-21(26)27)24-22(28)16-6-4-15(5-7-16)17-8-9-20-18(11-17)13-23-25(20)2/h4-9,11,13,19H,3,10,12,14H2,1-2H3,(H,24,28)/t19-/m0/s1. The number of nitrogens with zero attached hydrogens (tertiary/aromatic N) is 3. The zero-order valence-electron chi connectivity index (χ0n) is 16.2. The number of likely N-dealkylation sites (tertiary alicyclic amines) is 1. The molecule has 4 rings (SSSR count). The van der Waals surface area contributed by atoms with Gasteiger partial charge in [0, 0.05) is 37.5 Å². The van der Waals surface area contributed by atoms with Crippen molar-refractivity contribution in [1.29, 1.82) is 0 Å². The molecule has 6 nitrogen and oxygen atoms in total. The normalized spacial score (nSPS) is 16.7. The van der Waals surface area contributed by atoms with Crippen molar-refractivity contribution in [1.82, 2.24) is 20.0 Å². The van der Waals surface area contributed by atoms with E-state index in [9.17, 15) is 9.59 Å². The molecule has 0 spiro atoms. The highest BCUT2D eigenvalue weighted by atomic mass is 16.2. The minimum Gasteiger partial charge on any atom is -0.347 e. The lowest BCUT2D eigenvalue weighted by molar-refractivity contribution is -0.127. The average molecular weight is 376 g/mol. The highest BCUT2D eigenvalue weighted by Gasteiger charge is 2.30. The highest BCUT2D eigenvalue weighted by molar-refractivity contribution is 5.95.